The summed E-state index contributed by atoms with van der Waals surface area (Å²) in [6.07, 6.45) is 3.68. The average Bonchev–Trinajstić information content (AvgIpc) is 2.18. The number of unbranched alkanes of at least 4 members (excludes halogenated alkanes) is 1. The molecule has 0 aliphatic carbocycles. The summed E-state index contributed by atoms with van der Waals surface area (Å²) in [4.78, 5) is 0. The molecule has 1 atom stereocenters. The van der Waals surface area contributed by atoms with Crippen molar-refractivity contribution in [3.05, 3.63) is 32.7 Å². The first kappa shape index (κ1) is 12.5. The number of rotatable bonds is 4. The fourth-order valence-corrected chi connectivity index (χ4v) is 2.93. The van der Waals surface area contributed by atoms with Gasteiger partial charge < -0.3 is 0 Å². The highest BCUT2D eigenvalue weighted by Gasteiger charge is 2.10. The Hall–Kier alpha value is 0.397. The van der Waals surface area contributed by atoms with Crippen LogP contribution in [-0.4, -0.2) is 10.2 Å². The molecule has 0 nitrogen and oxygen atoms in total. The summed E-state index contributed by atoms with van der Waals surface area (Å²) in [5, 5.41) is 0. The van der Waals surface area contributed by atoms with E-state index in [0.29, 0.717) is 5.54 Å². The van der Waals surface area contributed by atoms with Gasteiger partial charge in [0.25, 0.3) is 0 Å². The van der Waals surface area contributed by atoms with Crippen LogP contribution in [-0.2, 0) is 0 Å². The Morgan fingerprint density at radius 3 is 2.71 bits per heavy atom. The van der Waals surface area contributed by atoms with E-state index in [9.17, 15) is 0 Å². The Labute approximate surface area is 106 Å². The van der Waals surface area contributed by atoms with Crippen molar-refractivity contribution in [2.75, 3.05) is 0 Å². The zero-order chi connectivity index (χ0) is 10.6. The number of hydrogen-bond acceptors (Lipinski definition) is 0. The summed E-state index contributed by atoms with van der Waals surface area (Å²) < 4.78 is 2.28. The minimum atomic E-state index is 0.446. The van der Waals surface area contributed by atoms with E-state index < -0.39 is 0 Å². The lowest BCUT2D eigenvalue weighted by Gasteiger charge is -2.13. The SMILES string of the molecule is CCCCC([Si])c1cccc(Br)c1Br. The zero-order valence-corrected chi connectivity index (χ0v) is 12.4. The molecule has 14 heavy (non-hydrogen) atoms. The largest absolute Gasteiger partial charge is 0.0654 e. The van der Waals surface area contributed by atoms with Gasteiger partial charge in [-0.15, -0.1) is 0 Å². The molecule has 0 heterocycles. The van der Waals surface area contributed by atoms with Crippen molar-refractivity contribution in [1.29, 1.82) is 0 Å². The molecule has 3 radical (unpaired) electrons. The fourth-order valence-electron chi connectivity index (χ4n) is 1.35. The van der Waals surface area contributed by atoms with Crippen LogP contribution < -0.4 is 0 Å². The predicted molar refractivity (Wildman–Crippen MR) is 69.9 cm³/mol. The second kappa shape index (κ2) is 6.08. The van der Waals surface area contributed by atoms with Gasteiger partial charge >= 0.3 is 0 Å². The monoisotopic (exact) mass is 331 g/mol. The Kier molecular flexibility index (Phi) is 5.42. The quantitative estimate of drug-likeness (QED) is 0.706. The molecule has 0 aromatic heterocycles. The molecule has 1 aromatic rings. The molecule has 1 unspecified atom stereocenters. The van der Waals surface area contributed by atoms with Crippen LogP contribution in [0.3, 0.4) is 0 Å². The highest BCUT2D eigenvalue weighted by Crippen LogP contribution is 2.32. The lowest BCUT2D eigenvalue weighted by Crippen LogP contribution is -1.99. The van der Waals surface area contributed by atoms with E-state index in [0.717, 1.165) is 8.95 Å². The Balaban J connectivity index is 2.79. The summed E-state index contributed by atoms with van der Waals surface area (Å²) in [6.45, 7) is 2.22. The maximum atomic E-state index is 3.77. The van der Waals surface area contributed by atoms with E-state index in [1.54, 1.807) is 0 Å². The van der Waals surface area contributed by atoms with Gasteiger partial charge in [-0.3, -0.25) is 0 Å². The number of halogens is 2. The average molecular weight is 333 g/mol. The summed E-state index contributed by atoms with van der Waals surface area (Å²) in [6, 6.07) is 6.28. The van der Waals surface area contributed by atoms with Gasteiger partial charge in [0, 0.05) is 19.2 Å². The van der Waals surface area contributed by atoms with Crippen molar-refractivity contribution in [1.82, 2.24) is 0 Å². The van der Waals surface area contributed by atoms with Gasteiger partial charge in [-0.2, -0.15) is 0 Å². The molecule has 0 saturated carbocycles. The number of benzene rings is 1. The normalized spacial score (nSPS) is 12.9. The molecule has 1 aromatic carbocycles. The molecule has 0 bridgehead atoms. The van der Waals surface area contributed by atoms with E-state index in [4.69, 9.17) is 0 Å². The van der Waals surface area contributed by atoms with Crippen LogP contribution in [0.4, 0.5) is 0 Å². The molecule has 3 heteroatoms. The molecule has 0 fully saturated rings. The molecule has 0 N–H and O–H groups in total. The summed E-state index contributed by atoms with van der Waals surface area (Å²) in [7, 11) is 3.77. The van der Waals surface area contributed by atoms with Crippen LogP contribution in [0.2, 0.25) is 0 Å². The molecular weight excluding hydrogens is 320 g/mol. The summed E-state index contributed by atoms with van der Waals surface area (Å²) >= 11 is 7.11. The van der Waals surface area contributed by atoms with E-state index >= 15 is 0 Å². The predicted octanol–water partition coefficient (Wildman–Crippen LogP) is 4.61. The van der Waals surface area contributed by atoms with Crippen LogP contribution in [0.1, 0.15) is 37.3 Å². The summed E-state index contributed by atoms with van der Waals surface area (Å²) in [5.41, 5.74) is 1.77. The highest BCUT2D eigenvalue weighted by atomic mass is 79.9. The third kappa shape index (κ3) is 3.21. The van der Waals surface area contributed by atoms with E-state index in [-0.39, 0.29) is 0 Å². The zero-order valence-electron chi connectivity index (χ0n) is 8.19. The Morgan fingerprint density at radius 1 is 1.36 bits per heavy atom. The Bertz CT molecular complexity index is 299. The fraction of sp³-hybridized carbons (Fsp3) is 0.455. The lowest BCUT2D eigenvalue weighted by atomic mass is 10.1. The second-order valence-corrected chi connectivity index (χ2v) is 5.68. The molecule has 0 aliphatic heterocycles. The molecular formula is C11H13Br2Si. The van der Waals surface area contributed by atoms with Gasteiger partial charge in [-0.25, -0.2) is 0 Å². The third-order valence-corrected chi connectivity index (χ3v) is 4.88. The van der Waals surface area contributed by atoms with Crippen molar-refractivity contribution in [2.24, 2.45) is 0 Å². The van der Waals surface area contributed by atoms with Crippen LogP contribution in [0.25, 0.3) is 0 Å². The van der Waals surface area contributed by atoms with Crippen LogP contribution in [0.5, 0.6) is 0 Å². The molecule has 0 aliphatic rings. The van der Waals surface area contributed by atoms with Gasteiger partial charge in [0.05, 0.1) is 0 Å². The maximum Gasteiger partial charge on any atom is 0.0349 e. The highest BCUT2D eigenvalue weighted by molar-refractivity contribution is 9.13. The minimum absolute atomic E-state index is 0.446. The molecule has 1 rings (SSSR count). The second-order valence-electron chi connectivity index (χ2n) is 3.34. The Morgan fingerprint density at radius 2 is 2.07 bits per heavy atom. The van der Waals surface area contributed by atoms with E-state index in [1.807, 2.05) is 6.07 Å². The van der Waals surface area contributed by atoms with Gasteiger partial charge in [-0.05, 0) is 55.5 Å². The number of hydrogen-bond donors (Lipinski definition) is 0. The molecule has 75 valence electrons. The van der Waals surface area contributed by atoms with Gasteiger partial charge in [0.1, 0.15) is 0 Å². The third-order valence-electron chi connectivity index (χ3n) is 2.20. The van der Waals surface area contributed by atoms with Gasteiger partial charge in [0.15, 0.2) is 0 Å². The molecule has 0 saturated heterocycles. The van der Waals surface area contributed by atoms with Gasteiger partial charge in [0.2, 0.25) is 0 Å². The van der Waals surface area contributed by atoms with Crippen molar-refractivity contribution >= 4 is 42.1 Å². The minimum Gasteiger partial charge on any atom is -0.0654 e. The van der Waals surface area contributed by atoms with Crippen molar-refractivity contribution in [3.8, 4) is 0 Å². The van der Waals surface area contributed by atoms with E-state index in [1.165, 1.54) is 24.8 Å². The van der Waals surface area contributed by atoms with E-state index in [2.05, 4.69) is 61.2 Å². The van der Waals surface area contributed by atoms with Gasteiger partial charge in [-0.1, -0.05) is 31.9 Å². The first-order valence-electron chi connectivity index (χ1n) is 4.81. The smallest absolute Gasteiger partial charge is 0.0349 e. The summed E-state index contributed by atoms with van der Waals surface area (Å²) in [5.74, 6) is 0. The molecule has 0 spiro atoms. The van der Waals surface area contributed by atoms with Crippen molar-refractivity contribution in [3.63, 3.8) is 0 Å². The van der Waals surface area contributed by atoms with Crippen LogP contribution >= 0.6 is 31.9 Å². The maximum absolute atomic E-state index is 3.77. The van der Waals surface area contributed by atoms with Crippen molar-refractivity contribution in [2.45, 2.75) is 31.7 Å². The lowest BCUT2D eigenvalue weighted by molar-refractivity contribution is 0.698. The topological polar surface area (TPSA) is 0 Å². The standard InChI is InChI=1S/C11H13Br2Si/c1-2-3-7-10(14)8-5-4-6-9(12)11(8)13/h4-6,10H,2-3,7H2,1H3. The molecule has 0 amide bonds. The van der Waals surface area contributed by atoms with Crippen LogP contribution in [0.15, 0.2) is 27.1 Å². The van der Waals surface area contributed by atoms with Crippen LogP contribution in [0, 0.1) is 0 Å². The first-order valence-corrected chi connectivity index (χ1v) is 6.98. The first-order chi connectivity index (χ1) is 6.66. The van der Waals surface area contributed by atoms with Crippen molar-refractivity contribution < 1.29 is 0 Å².